The molecule has 0 aliphatic carbocycles. The Morgan fingerprint density at radius 1 is 1.24 bits per heavy atom. The van der Waals surface area contributed by atoms with E-state index in [4.69, 9.17) is 9.72 Å². The van der Waals surface area contributed by atoms with Crippen LogP contribution in [0.3, 0.4) is 0 Å². The summed E-state index contributed by atoms with van der Waals surface area (Å²) >= 11 is 1.49. The summed E-state index contributed by atoms with van der Waals surface area (Å²) in [6.45, 7) is 6.38. The lowest BCUT2D eigenvalue weighted by atomic mass is 10.1. The number of carboxylic acid groups (broad SMARTS) is 1. The smallest absolute Gasteiger partial charge is 0.308 e. The quantitative estimate of drug-likeness (QED) is 0.853. The molecule has 0 spiro atoms. The molecule has 1 aromatic carbocycles. The van der Waals surface area contributed by atoms with Crippen LogP contribution in [0, 0.1) is 0 Å². The van der Waals surface area contributed by atoms with Gasteiger partial charge in [0, 0.05) is 36.6 Å². The molecule has 1 saturated heterocycles. The van der Waals surface area contributed by atoms with Crippen molar-refractivity contribution >= 4 is 22.4 Å². The number of rotatable bonds is 6. The number of carboxylic acids is 1. The number of anilines is 1. The molecule has 2 aromatic rings. The van der Waals surface area contributed by atoms with Crippen LogP contribution in [0.2, 0.25) is 0 Å². The summed E-state index contributed by atoms with van der Waals surface area (Å²) in [5.41, 5.74) is 1.70. The Kier molecular flexibility index (Phi) is 5.55. The van der Waals surface area contributed by atoms with Crippen molar-refractivity contribution in [3.63, 3.8) is 0 Å². The Hall–Kier alpha value is -2.12. The van der Waals surface area contributed by atoms with Gasteiger partial charge in [-0.1, -0.05) is 0 Å². The van der Waals surface area contributed by atoms with E-state index < -0.39 is 5.97 Å². The van der Waals surface area contributed by atoms with E-state index in [0.29, 0.717) is 6.61 Å². The normalized spacial score (nSPS) is 15.4. The van der Waals surface area contributed by atoms with E-state index in [1.54, 1.807) is 0 Å². The molecule has 25 heavy (non-hydrogen) atoms. The highest BCUT2D eigenvalue weighted by Gasteiger charge is 2.21. The van der Waals surface area contributed by atoms with Crippen LogP contribution in [-0.4, -0.2) is 60.8 Å². The van der Waals surface area contributed by atoms with Crippen LogP contribution in [0.15, 0.2) is 24.3 Å². The van der Waals surface area contributed by atoms with Gasteiger partial charge in [0.25, 0.3) is 0 Å². The second-order valence-electron chi connectivity index (χ2n) is 6.09. The number of hydrogen-bond acceptors (Lipinski definition) is 6. The molecule has 0 amide bonds. The molecule has 6 nitrogen and oxygen atoms in total. The third-order valence-electron chi connectivity index (χ3n) is 4.21. The highest BCUT2D eigenvalue weighted by Crippen LogP contribution is 2.34. The first-order valence-corrected chi connectivity index (χ1v) is 9.26. The van der Waals surface area contributed by atoms with Gasteiger partial charge in [0.2, 0.25) is 0 Å². The molecule has 1 aromatic heterocycles. The number of nitrogens with zero attached hydrogens (tertiary/aromatic N) is 3. The van der Waals surface area contributed by atoms with E-state index in [0.717, 1.165) is 53.2 Å². The molecule has 7 heteroatoms. The van der Waals surface area contributed by atoms with Gasteiger partial charge in [0.15, 0.2) is 5.13 Å². The number of likely N-dealkylation sites (N-methyl/N-ethyl adjacent to an activating group) is 1. The predicted molar refractivity (Wildman–Crippen MR) is 99.8 cm³/mol. The highest BCUT2D eigenvalue weighted by atomic mass is 32.1. The molecule has 2 heterocycles. The van der Waals surface area contributed by atoms with Gasteiger partial charge in [-0.2, -0.15) is 0 Å². The van der Waals surface area contributed by atoms with Crippen molar-refractivity contribution in [1.82, 2.24) is 9.88 Å². The minimum atomic E-state index is -0.833. The summed E-state index contributed by atoms with van der Waals surface area (Å²) in [5, 5.41) is 10.2. The highest BCUT2D eigenvalue weighted by molar-refractivity contribution is 7.16. The van der Waals surface area contributed by atoms with E-state index in [2.05, 4.69) is 16.8 Å². The first-order valence-electron chi connectivity index (χ1n) is 8.45. The number of aromatic nitrogens is 1. The Balaban J connectivity index is 1.89. The number of piperazine rings is 1. The molecule has 0 radical (unpaired) electrons. The maximum Gasteiger partial charge on any atom is 0.308 e. The molecule has 1 fully saturated rings. The number of thiazole rings is 1. The summed E-state index contributed by atoms with van der Waals surface area (Å²) in [4.78, 5) is 21.4. The third-order valence-corrected chi connectivity index (χ3v) is 5.33. The predicted octanol–water partition coefficient (Wildman–Crippen LogP) is 2.59. The number of carbonyl (C=O) groups is 1. The first-order chi connectivity index (χ1) is 12.1. The fourth-order valence-electron chi connectivity index (χ4n) is 2.83. The van der Waals surface area contributed by atoms with Crippen molar-refractivity contribution in [2.45, 2.75) is 13.3 Å². The van der Waals surface area contributed by atoms with Crippen LogP contribution < -0.4 is 9.64 Å². The molecule has 0 atom stereocenters. The SMILES string of the molecule is CCOc1ccc(-c2nc(N3CCN(C)CC3)sc2CC(=O)O)cc1. The van der Waals surface area contributed by atoms with Crippen molar-refractivity contribution in [1.29, 1.82) is 0 Å². The molecule has 1 aliphatic heterocycles. The molecular weight excluding hydrogens is 338 g/mol. The zero-order chi connectivity index (χ0) is 17.8. The summed E-state index contributed by atoms with van der Waals surface area (Å²) in [5.74, 6) is -0.0266. The first kappa shape index (κ1) is 17.7. The fourth-order valence-corrected chi connectivity index (χ4v) is 3.96. The van der Waals surface area contributed by atoms with Gasteiger partial charge in [0.05, 0.1) is 18.7 Å². The molecule has 0 saturated carbocycles. The van der Waals surface area contributed by atoms with Crippen LogP contribution >= 0.6 is 11.3 Å². The van der Waals surface area contributed by atoms with Crippen LogP contribution in [-0.2, 0) is 11.2 Å². The van der Waals surface area contributed by atoms with Crippen LogP contribution in [0.1, 0.15) is 11.8 Å². The minimum absolute atomic E-state index is 0.00600. The number of benzene rings is 1. The standard InChI is InChI=1S/C18H23N3O3S/c1-3-24-14-6-4-13(5-7-14)17-15(12-16(22)23)25-18(19-17)21-10-8-20(2)9-11-21/h4-7H,3,8-12H2,1-2H3,(H,22,23). The molecule has 0 unspecified atom stereocenters. The maximum absolute atomic E-state index is 11.3. The Morgan fingerprint density at radius 2 is 1.92 bits per heavy atom. The number of ether oxygens (including phenoxy) is 1. The average Bonchev–Trinajstić information content (AvgIpc) is 2.99. The van der Waals surface area contributed by atoms with Crippen LogP contribution in [0.5, 0.6) is 5.75 Å². The Morgan fingerprint density at radius 3 is 2.52 bits per heavy atom. The monoisotopic (exact) mass is 361 g/mol. The lowest BCUT2D eigenvalue weighted by Crippen LogP contribution is -2.44. The van der Waals surface area contributed by atoms with Crippen LogP contribution in [0.25, 0.3) is 11.3 Å². The van der Waals surface area contributed by atoms with Crippen molar-refractivity contribution in [3.05, 3.63) is 29.1 Å². The van der Waals surface area contributed by atoms with Gasteiger partial charge in [-0.25, -0.2) is 4.98 Å². The lowest BCUT2D eigenvalue weighted by Gasteiger charge is -2.32. The maximum atomic E-state index is 11.3. The zero-order valence-electron chi connectivity index (χ0n) is 14.6. The molecule has 3 rings (SSSR count). The second-order valence-corrected chi connectivity index (χ2v) is 7.15. The lowest BCUT2D eigenvalue weighted by molar-refractivity contribution is -0.136. The van der Waals surface area contributed by atoms with Crippen molar-refractivity contribution in [2.24, 2.45) is 0 Å². The fraction of sp³-hybridized carbons (Fsp3) is 0.444. The van der Waals surface area contributed by atoms with Gasteiger partial charge in [-0.15, -0.1) is 11.3 Å². The largest absolute Gasteiger partial charge is 0.494 e. The number of hydrogen-bond donors (Lipinski definition) is 1. The zero-order valence-corrected chi connectivity index (χ0v) is 15.4. The van der Waals surface area contributed by atoms with Crippen LogP contribution in [0.4, 0.5) is 5.13 Å². The second kappa shape index (κ2) is 7.84. The van der Waals surface area contributed by atoms with E-state index in [9.17, 15) is 9.90 Å². The minimum Gasteiger partial charge on any atom is -0.494 e. The molecule has 134 valence electrons. The van der Waals surface area contributed by atoms with Gasteiger partial charge in [-0.05, 0) is 38.2 Å². The summed E-state index contributed by atoms with van der Waals surface area (Å²) in [6, 6.07) is 7.69. The van der Waals surface area contributed by atoms with E-state index in [1.807, 2.05) is 31.2 Å². The van der Waals surface area contributed by atoms with E-state index >= 15 is 0 Å². The summed E-state index contributed by atoms with van der Waals surface area (Å²) in [7, 11) is 2.11. The van der Waals surface area contributed by atoms with Gasteiger partial charge in [0.1, 0.15) is 5.75 Å². The van der Waals surface area contributed by atoms with Gasteiger partial charge < -0.3 is 19.6 Å². The van der Waals surface area contributed by atoms with E-state index in [-0.39, 0.29) is 6.42 Å². The van der Waals surface area contributed by atoms with Crippen molar-refractivity contribution in [3.8, 4) is 17.0 Å². The Labute approximate surface area is 151 Å². The Bertz CT molecular complexity index is 722. The summed E-state index contributed by atoms with van der Waals surface area (Å²) in [6.07, 6.45) is -0.00600. The molecular formula is C18H23N3O3S. The van der Waals surface area contributed by atoms with Gasteiger partial charge >= 0.3 is 5.97 Å². The summed E-state index contributed by atoms with van der Waals surface area (Å²) < 4.78 is 5.48. The molecule has 0 bridgehead atoms. The average molecular weight is 361 g/mol. The van der Waals surface area contributed by atoms with E-state index in [1.165, 1.54) is 11.3 Å². The molecule has 1 N–H and O–H groups in total. The van der Waals surface area contributed by atoms with Crippen molar-refractivity contribution in [2.75, 3.05) is 44.7 Å². The van der Waals surface area contributed by atoms with Gasteiger partial charge in [-0.3, -0.25) is 4.79 Å². The number of aliphatic carboxylic acids is 1. The van der Waals surface area contributed by atoms with Crippen molar-refractivity contribution < 1.29 is 14.6 Å². The molecule has 1 aliphatic rings. The topological polar surface area (TPSA) is 65.9 Å². The third kappa shape index (κ3) is 4.29.